The summed E-state index contributed by atoms with van der Waals surface area (Å²) in [5, 5.41) is 0. The lowest BCUT2D eigenvalue weighted by molar-refractivity contribution is 0.0755. The van der Waals surface area contributed by atoms with Gasteiger partial charge in [-0.1, -0.05) is 26.0 Å². The predicted octanol–water partition coefficient (Wildman–Crippen LogP) is 2.49. The fraction of sp³-hybridized carbons (Fsp3) is 0.533. The van der Waals surface area contributed by atoms with Crippen LogP contribution in [0.4, 0.5) is 0 Å². The van der Waals surface area contributed by atoms with Crippen molar-refractivity contribution in [1.29, 1.82) is 0 Å². The summed E-state index contributed by atoms with van der Waals surface area (Å²) >= 11 is 0. The summed E-state index contributed by atoms with van der Waals surface area (Å²) in [6, 6.07) is 6.84. The molecule has 0 saturated carbocycles. The molecule has 0 fully saturated rings. The zero-order valence-electron chi connectivity index (χ0n) is 12.4. The minimum atomic E-state index is -3.04. The number of carbonyl (C=O) groups is 1. The molecule has 0 unspecified atom stereocenters. The summed E-state index contributed by atoms with van der Waals surface area (Å²) in [7, 11) is -3.04. The first-order valence-electron chi connectivity index (χ1n) is 6.93. The Morgan fingerprint density at radius 2 is 1.55 bits per heavy atom. The molecular formula is C15H23NO3S. The molecule has 0 atom stereocenters. The summed E-state index contributed by atoms with van der Waals surface area (Å²) in [4.78, 5) is 14.2. The van der Waals surface area contributed by atoms with E-state index in [-0.39, 0.29) is 11.7 Å². The number of hydrogen-bond donors (Lipinski definition) is 0. The van der Waals surface area contributed by atoms with E-state index in [1.54, 1.807) is 24.3 Å². The van der Waals surface area contributed by atoms with Crippen LogP contribution in [0.3, 0.4) is 0 Å². The molecule has 1 aromatic rings. The average molecular weight is 297 g/mol. The van der Waals surface area contributed by atoms with E-state index in [0.717, 1.165) is 25.9 Å². The molecule has 0 spiro atoms. The summed E-state index contributed by atoms with van der Waals surface area (Å²) in [5.41, 5.74) is 1.32. The number of amides is 1. The topological polar surface area (TPSA) is 54.5 Å². The van der Waals surface area contributed by atoms with Gasteiger partial charge in [0.2, 0.25) is 0 Å². The van der Waals surface area contributed by atoms with Crippen LogP contribution < -0.4 is 0 Å². The highest BCUT2D eigenvalue weighted by molar-refractivity contribution is 7.89. The molecule has 0 aliphatic heterocycles. The molecule has 112 valence electrons. The standard InChI is InChI=1S/C15H23NO3S/c1-4-10-16(11-5-2)15(17)14-8-6-13(7-9-14)12-20(3,18)19/h6-9H,4-5,10-12H2,1-3H3. The Balaban J connectivity index is 2.83. The second-order valence-corrected chi connectivity index (χ2v) is 7.20. The summed E-state index contributed by atoms with van der Waals surface area (Å²) in [6.07, 6.45) is 3.06. The van der Waals surface area contributed by atoms with Crippen LogP contribution in [0.2, 0.25) is 0 Å². The summed E-state index contributed by atoms with van der Waals surface area (Å²) < 4.78 is 22.4. The Morgan fingerprint density at radius 1 is 1.05 bits per heavy atom. The minimum Gasteiger partial charge on any atom is -0.339 e. The maximum atomic E-state index is 12.3. The van der Waals surface area contributed by atoms with Crippen LogP contribution in [0.5, 0.6) is 0 Å². The van der Waals surface area contributed by atoms with Crippen molar-refractivity contribution in [2.45, 2.75) is 32.4 Å². The van der Waals surface area contributed by atoms with Gasteiger partial charge in [-0.15, -0.1) is 0 Å². The minimum absolute atomic E-state index is 0.00903. The van der Waals surface area contributed by atoms with Crippen molar-refractivity contribution in [1.82, 2.24) is 4.90 Å². The molecule has 0 radical (unpaired) electrons. The van der Waals surface area contributed by atoms with Gasteiger partial charge in [0.25, 0.3) is 5.91 Å². The van der Waals surface area contributed by atoms with Gasteiger partial charge in [0.05, 0.1) is 5.75 Å². The first-order valence-corrected chi connectivity index (χ1v) is 8.99. The van der Waals surface area contributed by atoms with E-state index in [9.17, 15) is 13.2 Å². The van der Waals surface area contributed by atoms with Gasteiger partial charge in [-0.3, -0.25) is 4.79 Å². The van der Waals surface area contributed by atoms with Gasteiger partial charge in [-0.05, 0) is 30.5 Å². The lowest BCUT2D eigenvalue weighted by Crippen LogP contribution is -2.32. The third kappa shape index (κ3) is 5.33. The van der Waals surface area contributed by atoms with Gasteiger partial charge < -0.3 is 4.90 Å². The molecule has 0 aliphatic rings. The fourth-order valence-corrected chi connectivity index (χ4v) is 2.88. The van der Waals surface area contributed by atoms with E-state index in [0.29, 0.717) is 11.1 Å². The molecule has 5 heteroatoms. The molecule has 0 N–H and O–H groups in total. The van der Waals surface area contributed by atoms with Crippen molar-refractivity contribution in [2.24, 2.45) is 0 Å². The highest BCUT2D eigenvalue weighted by Crippen LogP contribution is 2.11. The van der Waals surface area contributed by atoms with E-state index < -0.39 is 9.84 Å². The van der Waals surface area contributed by atoms with E-state index in [2.05, 4.69) is 0 Å². The molecule has 0 aliphatic carbocycles. The smallest absolute Gasteiger partial charge is 0.253 e. The fourth-order valence-electron chi connectivity index (χ4n) is 2.08. The molecule has 1 aromatic carbocycles. The van der Waals surface area contributed by atoms with Crippen molar-refractivity contribution in [2.75, 3.05) is 19.3 Å². The van der Waals surface area contributed by atoms with Crippen LogP contribution in [-0.4, -0.2) is 38.6 Å². The first kappa shape index (κ1) is 16.7. The molecule has 1 rings (SSSR count). The molecule has 0 aromatic heterocycles. The van der Waals surface area contributed by atoms with Gasteiger partial charge in [-0.2, -0.15) is 0 Å². The second kappa shape index (κ2) is 7.43. The lowest BCUT2D eigenvalue weighted by atomic mass is 10.1. The molecule has 0 bridgehead atoms. The largest absolute Gasteiger partial charge is 0.339 e. The van der Waals surface area contributed by atoms with Gasteiger partial charge in [0, 0.05) is 24.9 Å². The lowest BCUT2D eigenvalue weighted by Gasteiger charge is -2.21. The number of rotatable bonds is 7. The molecule has 0 saturated heterocycles. The average Bonchev–Trinajstić information content (AvgIpc) is 2.37. The SMILES string of the molecule is CCCN(CCC)C(=O)c1ccc(CS(C)(=O)=O)cc1. The summed E-state index contributed by atoms with van der Waals surface area (Å²) in [5.74, 6) is 0.0226. The normalized spacial score (nSPS) is 11.3. The van der Waals surface area contributed by atoms with Crippen LogP contribution in [0, 0.1) is 0 Å². The van der Waals surface area contributed by atoms with E-state index in [1.165, 1.54) is 6.26 Å². The van der Waals surface area contributed by atoms with Crippen molar-refractivity contribution >= 4 is 15.7 Å². The quantitative estimate of drug-likeness (QED) is 0.777. The van der Waals surface area contributed by atoms with Crippen LogP contribution >= 0.6 is 0 Å². The monoisotopic (exact) mass is 297 g/mol. The number of hydrogen-bond acceptors (Lipinski definition) is 3. The zero-order valence-corrected chi connectivity index (χ0v) is 13.2. The molecule has 20 heavy (non-hydrogen) atoms. The number of nitrogens with zero attached hydrogens (tertiary/aromatic N) is 1. The third-order valence-electron chi connectivity index (χ3n) is 2.90. The van der Waals surface area contributed by atoms with Crippen LogP contribution in [0.25, 0.3) is 0 Å². The van der Waals surface area contributed by atoms with Gasteiger partial charge in [-0.25, -0.2) is 8.42 Å². The first-order chi connectivity index (χ1) is 9.37. The number of sulfone groups is 1. The molecule has 1 amide bonds. The van der Waals surface area contributed by atoms with Crippen LogP contribution in [-0.2, 0) is 15.6 Å². The molecular weight excluding hydrogens is 274 g/mol. The molecule has 4 nitrogen and oxygen atoms in total. The van der Waals surface area contributed by atoms with Crippen LogP contribution in [0.1, 0.15) is 42.6 Å². The number of benzene rings is 1. The van der Waals surface area contributed by atoms with E-state index >= 15 is 0 Å². The Morgan fingerprint density at radius 3 is 1.95 bits per heavy atom. The maximum absolute atomic E-state index is 12.3. The van der Waals surface area contributed by atoms with Gasteiger partial charge in [0.1, 0.15) is 0 Å². The zero-order chi connectivity index (χ0) is 15.2. The van der Waals surface area contributed by atoms with Crippen molar-refractivity contribution in [3.63, 3.8) is 0 Å². The highest BCUT2D eigenvalue weighted by Gasteiger charge is 2.14. The van der Waals surface area contributed by atoms with Crippen molar-refractivity contribution in [3.8, 4) is 0 Å². The Kier molecular flexibility index (Phi) is 6.20. The van der Waals surface area contributed by atoms with Gasteiger partial charge in [0.15, 0.2) is 9.84 Å². The Bertz CT molecular complexity index is 529. The van der Waals surface area contributed by atoms with Crippen molar-refractivity contribution < 1.29 is 13.2 Å². The van der Waals surface area contributed by atoms with Crippen LogP contribution in [0.15, 0.2) is 24.3 Å². The Labute approximate surface area is 121 Å². The second-order valence-electron chi connectivity index (χ2n) is 5.06. The van der Waals surface area contributed by atoms with E-state index in [1.807, 2.05) is 18.7 Å². The Hall–Kier alpha value is -1.36. The van der Waals surface area contributed by atoms with E-state index in [4.69, 9.17) is 0 Å². The third-order valence-corrected chi connectivity index (χ3v) is 3.76. The molecule has 0 heterocycles. The van der Waals surface area contributed by atoms with Crippen molar-refractivity contribution in [3.05, 3.63) is 35.4 Å². The highest BCUT2D eigenvalue weighted by atomic mass is 32.2. The van der Waals surface area contributed by atoms with Gasteiger partial charge >= 0.3 is 0 Å². The summed E-state index contributed by atoms with van der Waals surface area (Å²) in [6.45, 7) is 5.59. The number of carbonyl (C=O) groups excluding carboxylic acids is 1. The predicted molar refractivity (Wildman–Crippen MR) is 81.5 cm³/mol. The maximum Gasteiger partial charge on any atom is 0.253 e.